The SMILES string of the molecule is CCOc1ccc([C@@H](C)NC(=O)NCc2cc(C)nn2C)cc1OC. The van der Waals surface area contributed by atoms with Gasteiger partial charge in [-0.25, -0.2) is 4.79 Å². The molecule has 1 atom stereocenters. The molecule has 136 valence electrons. The Kier molecular flexibility index (Phi) is 6.27. The molecule has 0 spiro atoms. The summed E-state index contributed by atoms with van der Waals surface area (Å²) in [5.41, 5.74) is 2.81. The van der Waals surface area contributed by atoms with E-state index in [0.29, 0.717) is 24.7 Å². The van der Waals surface area contributed by atoms with Crippen molar-refractivity contribution < 1.29 is 14.3 Å². The fraction of sp³-hybridized carbons (Fsp3) is 0.444. The Labute approximate surface area is 148 Å². The van der Waals surface area contributed by atoms with Gasteiger partial charge >= 0.3 is 6.03 Å². The molecule has 0 unspecified atom stereocenters. The third-order valence-electron chi connectivity index (χ3n) is 3.86. The number of carbonyl (C=O) groups excluding carboxylic acids is 1. The average Bonchev–Trinajstić information content (AvgIpc) is 2.91. The number of aryl methyl sites for hydroxylation is 2. The largest absolute Gasteiger partial charge is 0.493 e. The highest BCUT2D eigenvalue weighted by molar-refractivity contribution is 5.74. The zero-order valence-corrected chi connectivity index (χ0v) is 15.4. The van der Waals surface area contributed by atoms with Gasteiger partial charge in [-0.15, -0.1) is 0 Å². The quantitative estimate of drug-likeness (QED) is 0.808. The van der Waals surface area contributed by atoms with Crippen LogP contribution >= 0.6 is 0 Å². The van der Waals surface area contributed by atoms with Crippen molar-refractivity contribution in [3.63, 3.8) is 0 Å². The van der Waals surface area contributed by atoms with Gasteiger partial charge in [-0.05, 0) is 44.5 Å². The summed E-state index contributed by atoms with van der Waals surface area (Å²) in [6, 6.07) is 7.19. The fourth-order valence-corrected chi connectivity index (χ4v) is 2.56. The summed E-state index contributed by atoms with van der Waals surface area (Å²) < 4.78 is 12.6. The van der Waals surface area contributed by atoms with Crippen molar-refractivity contribution in [1.82, 2.24) is 20.4 Å². The third-order valence-corrected chi connectivity index (χ3v) is 3.86. The van der Waals surface area contributed by atoms with Crippen LogP contribution in [0.25, 0.3) is 0 Å². The maximum atomic E-state index is 12.1. The van der Waals surface area contributed by atoms with Gasteiger partial charge in [0.2, 0.25) is 0 Å². The molecule has 0 saturated heterocycles. The molecule has 7 heteroatoms. The first-order valence-electron chi connectivity index (χ1n) is 8.29. The molecule has 0 fully saturated rings. The van der Waals surface area contributed by atoms with Gasteiger partial charge in [0.15, 0.2) is 11.5 Å². The van der Waals surface area contributed by atoms with Crippen LogP contribution in [0.3, 0.4) is 0 Å². The van der Waals surface area contributed by atoms with Crippen molar-refractivity contribution >= 4 is 6.03 Å². The predicted molar refractivity (Wildman–Crippen MR) is 95.9 cm³/mol. The van der Waals surface area contributed by atoms with Crippen molar-refractivity contribution in [2.24, 2.45) is 7.05 Å². The first-order valence-corrected chi connectivity index (χ1v) is 8.29. The van der Waals surface area contributed by atoms with Gasteiger partial charge in [0, 0.05) is 7.05 Å². The van der Waals surface area contributed by atoms with Crippen molar-refractivity contribution in [3.05, 3.63) is 41.2 Å². The molecule has 2 N–H and O–H groups in total. The first kappa shape index (κ1) is 18.6. The molecule has 2 amide bonds. The Morgan fingerprint density at radius 3 is 2.68 bits per heavy atom. The van der Waals surface area contributed by atoms with Crippen LogP contribution in [0.15, 0.2) is 24.3 Å². The van der Waals surface area contributed by atoms with Gasteiger partial charge in [-0.2, -0.15) is 5.10 Å². The molecular weight excluding hydrogens is 320 g/mol. The Hall–Kier alpha value is -2.70. The van der Waals surface area contributed by atoms with E-state index in [1.54, 1.807) is 11.8 Å². The van der Waals surface area contributed by atoms with E-state index < -0.39 is 0 Å². The number of hydrogen-bond acceptors (Lipinski definition) is 4. The molecule has 25 heavy (non-hydrogen) atoms. The van der Waals surface area contributed by atoms with E-state index in [1.807, 2.05) is 52.1 Å². The highest BCUT2D eigenvalue weighted by atomic mass is 16.5. The number of amides is 2. The zero-order chi connectivity index (χ0) is 18.4. The average molecular weight is 346 g/mol. The van der Waals surface area contributed by atoms with E-state index in [9.17, 15) is 4.79 Å². The standard InChI is InChI=1S/C18H26N4O3/c1-6-25-16-8-7-14(10-17(16)24-5)13(3)20-18(23)19-11-15-9-12(2)21-22(15)4/h7-10,13H,6,11H2,1-5H3,(H2,19,20,23)/t13-/m1/s1. The highest BCUT2D eigenvalue weighted by Gasteiger charge is 2.13. The predicted octanol–water partition coefficient (Wildman–Crippen LogP) is 2.70. The van der Waals surface area contributed by atoms with Crippen LogP contribution in [0.2, 0.25) is 0 Å². The minimum atomic E-state index is -0.237. The molecule has 0 aliphatic rings. The molecule has 1 aromatic heterocycles. The smallest absolute Gasteiger partial charge is 0.315 e. The van der Waals surface area contributed by atoms with Crippen LogP contribution in [0, 0.1) is 6.92 Å². The lowest BCUT2D eigenvalue weighted by Crippen LogP contribution is -2.37. The molecule has 1 heterocycles. The molecule has 2 aromatic rings. The Morgan fingerprint density at radius 2 is 2.08 bits per heavy atom. The topological polar surface area (TPSA) is 77.4 Å². The molecule has 0 saturated carbocycles. The Morgan fingerprint density at radius 1 is 1.32 bits per heavy atom. The lowest BCUT2D eigenvalue weighted by atomic mass is 10.1. The second-order valence-corrected chi connectivity index (χ2v) is 5.79. The summed E-state index contributed by atoms with van der Waals surface area (Å²) in [4.78, 5) is 12.1. The van der Waals surface area contributed by atoms with E-state index in [-0.39, 0.29) is 12.1 Å². The zero-order valence-electron chi connectivity index (χ0n) is 15.4. The molecule has 0 radical (unpaired) electrons. The molecule has 0 aliphatic carbocycles. The normalized spacial score (nSPS) is 11.7. The lowest BCUT2D eigenvalue weighted by Gasteiger charge is -2.17. The van der Waals surface area contributed by atoms with Crippen LogP contribution < -0.4 is 20.1 Å². The van der Waals surface area contributed by atoms with Crippen molar-refractivity contribution in [1.29, 1.82) is 0 Å². The number of urea groups is 1. The monoisotopic (exact) mass is 346 g/mol. The van der Waals surface area contributed by atoms with Crippen LogP contribution in [0.4, 0.5) is 4.79 Å². The maximum Gasteiger partial charge on any atom is 0.315 e. The third kappa shape index (κ3) is 4.89. The summed E-state index contributed by atoms with van der Waals surface area (Å²) >= 11 is 0. The summed E-state index contributed by atoms with van der Waals surface area (Å²) in [6.45, 7) is 6.75. The number of aromatic nitrogens is 2. The number of carbonyl (C=O) groups is 1. The summed E-state index contributed by atoms with van der Waals surface area (Å²) in [5.74, 6) is 1.34. The van der Waals surface area contributed by atoms with E-state index in [1.165, 1.54) is 0 Å². The molecule has 0 aliphatic heterocycles. The fourth-order valence-electron chi connectivity index (χ4n) is 2.56. The van der Waals surface area contributed by atoms with Crippen molar-refractivity contribution in [2.45, 2.75) is 33.4 Å². The van der Waals surface area contributed by atoms with E-state index in [2.05, 4.69) is 15.7 Å². The molecular formula is C18H26N4O3. The van der Waals surface area contributed by atoms with Gasteiger partial charge in [-0.1, -0.05) is 6.07 Å². The number of rotatable bonds is 7. The Balaban J connectivity index is 1.95. The number of nitrogens with one attached hydrogen (secondary N) is 2. The van der Waals surface area contributed by atoms with Crippen LogP contribution in [0.5, 0.6) is 11.5 Å². The number of hydrogen-bond donors (Lipinski definition) is 2. The van der Waals surface area contributed by atoms with Gasteiger partial charge in [0.1, 0.15) is 0 Å². The summed E-state index contributed by atoms with van der Waals surface area (Å²) in [5, 5.41) is 10.0. The van der Waals surface area contributed by atoms with Crippen LogP contribution in [-0.2, 0) is 13.6 Å². The van der Waals surface area contributed by atoms with Crippen LogP contribution in [0.1, 0.15) is 36.8 Å². The molecule has 2 rings (SSSR count). The van der Waals surface area contributed by atoms with E-state index in [0.717, 1.165) is 17.0 Å². The minimum Gasteiger partial charge on any atom is -0.493 e. The summed E-state index contributed by atoms with van der Waals surface area (Å²) in [6.07, 6.45) is 0. The number of nitrogens with zero attached hydrogens (tertiary/aromatic N) is 2. The second kappa shape index (κ2) is 8.41. The minimum absolute atomic E-state index is 0.169. The van der Waals surface area contributed by atoms with Crippen LogP contribution in [-0.4, -0.2) is 29.5 Å². The second-order valence-electron chi connectivity index (χ2n) is 5.79. The number of ether oxygens (including phenoxy) is 2. The van der Waals surface area contributed by atoms with Gasteiger partial charge in [0.25, 0.3) is 0 Å². The number of methoxy groups -OCH3 is 1. The highest BCUT2D eigenvalue weighted by Crippen LogP contribution is 2.30. The summed E-state index contributed by atoms with van der Waals surface area (Å²) in [7, 11) is 3.46. The van der Waals surface area contributed by atoms with Gasteiger partial charge in [0.05, 0.1) is 37.7 Å². The van der Waals surface area contributed by atoms with Gasteiger partial charge < -0.3 is 20.1 Å². The lowest BCUT2D eigenvalue weighted by molar-refractivity contribution is 0.237. The maximum absolute atomic E-state index is 12.1. The van der Waals surface area contributed by atoms with Gasteiger partial charge in [-0.3, -0.25) is 4.68 Å². The van der Waals surface area contributed by atoms with Crippen molar-refractivity contribution in [3.8, 4) is 11.5 Å². The molecule has 1 aromatic carbocycles. The van der Waals surface area contributed by atoms with E-state index in [4.69, 9.17) is 9.47 Å². The van der Waals surface area contributed by atoms with E-state index >= 15 is 0 Å². The Bertz CT molecular complexity index is 727. The molecule has 0 bridgehead atoms. The number of benzene rings is 1. The van der Waals surface area contributed by atoms with Crippen molar-refractivity contribution in [2.75, 3.05) is 13.7 Å². The molecule has 7 nitrogen and oxygen atoms in total. The first-order chi connectivity index (χ1) is 11.9.